The highest BCUT2D eigenvalue weighted by molar-refractivity contribution is 8.09. The minimum absolute atomic E-state index is 0.770. The zero-order chi connectivity index (χ0) is 15.6. The first-order valence-electron chi connectivity index (χ1n) is 8.93. The molecule has 1 aliphatic rings. The molecule has 0 aliphatic carbocycles. The Balaban J connectivity index is 1.58. The summed E-state index contributed by atoms with van der Waals surface area (Å²) in [6.07, 6.45) is 16.2. The van der Waals surface area contributed by atoms with Crippen LogP contribution in [-0.2, 0) is 0 Å². The Kier molecular flexibility index (Phi) is 8.47. The van der Waals surface area contributed by atoms with Crippen LogP contribution in [0.2, 0.25) is 5.02 Å². The van der Waals surface area contributed by atoms with Crippen molar-refractivity contribution in [1.29, 1.82) is 0 Å². The lowest BCUT2D eigenvalue weighted by molar-refractivity contribution is 0.561. The topological polar surface area (TPSA) is 0 Å². The maximum Gasteiger partial charge on any atom is 0.0489 e. The average Bonchev–Trinajstić information content (AvgIpc) is 2.99. The molecule has 0 saturated heterocycles. The van der Waals surface area contributed by atoms with E-state index >= 15 is 0 Å². The summed E-state index contributed by atoms with van der Waals surface area (Å²) < 4.78 is 0. The third kappa shape index (κ3) is 6.01. The Bertz CT molecular complexity index is 467. The predicted molar refractivity (Wildman–Crippen MR) is 103 cm³/mol. The molecule has 0 N–H and O–H groups in total. The van der Waals surface area contributed by atoms with E-state index in [0.29, 0.717) is 0 Å². The maximum atomic E-state index is 6.30. The molecule has 1 aromatic rings. The molecule has 22 heavy (non-hydrogen) atoms. The zero-order valence-corrected chi connectivity index (χ0v) is 15.4. The van der Waals surface area contributed by atoms with Gasteiger partial charge in [-0.3, -0.25) is 0 Å². The van der Waals surface area contributed by atoms with Crippen LogP contribution < -0.4 is 0 Å². The molecule has 0 bridgehead atoms. The molecule has 0 fully saturated rings. The number of halogens is 1. The number of thioether (sulfide) groups is 1. The van der Waals surface area contributed by atoms with Gasteiger partial charge < -0.3 is 0 Å². The lowest BCUT2D eigenvalue weighted by Crippen LogP contribution is -1.96. The summed E-state index contributed by atoms with van der Waals surface area (Å²) in [5.41, 5.74) is 1.22. The Morgan fingerprint density at radius 1 is 1.00 bits per heavy atom. The van der Waals surface area contributed by atoms with E-state index in [9.17, 15) is 0 Å². The fraction of sp³-hybridized carbons (Fsp3) is 0.600. The highest BCUT2D eigenvalue weighted by atomic mass is 35.5. The Hall–Kier alpha value is -0.400. The monoisotopic (exact) mass is 336 g/mol. The standard InChI is InChI=1S/C20H29ClS/c1-2-3-4-5-6-7-8-9-12-17-15-16-20(22-17)18-13-10-11-14-19(18)21/h10-11,13-14,16-17H,2-9,12,15H2,1H3. The quantitative estimate of drug-likeness (QED) is 0.394. The highest BCUT2D eigenvalue weighted by Gasteiger charge is 2.19. The summed E-state index contributed by atoms with van der Waals surface area (Å²) >= 11 is 8.33. The van der Waals surface area contributed by atoms with Crippen LogP contribution in [-0.4, -0.2) is 5.25 Å². The molecule has 1 heterocycles. The van der Waals surface area contributed by atoms with Gasteiger partial charge >= 0.3 is 0 Å². The van der Waals surface area contributed by atoms with Gasteiger partial charge in [-0.1, -0.05) is 94.2 Å². The molecule has 0 amide bonds. The molecule has 122 valence electrons. The Labute approximate surface area is 145 Å². The van der Waals surface area contributed by atoms with Gasteiger partial charge in [-0.2, -0.15) is 0 Å². The summed E-state index contributed by atoms with van der Waals surface area (Å²) in [6, 6.07) is 8.21. The number of rotatable bonds is 10. The fourth-order valence-electron chi connectivity index (χ4n) is 3.03. The van der Waals surface area contributed by atoms with Crippen LogP contribution in [0.15, 0.2) is 30.3 Å². The molecular weight excluding hydrogens is 308 g/mol. The Morgan fingerprint density at radius 2 is 1.68 bits per heavy atom. The SMILES string of the molecule is CCCCCCCCCCC1CC=C(c2ccccc2Cl)S1. The number of hydrogen-bond donors (Lipinski definition) is 0. The van der Waals surface area contributed by atoms with Crippen molar-refractivity contribution in [3.63, 3.8) is 0 Å². The largest absolute Gasteiger partial charge is 0.122 e. The van der Waals surface area contributed by atoms with Crippen LogP contribution in [0, 0.1) is 0 Å². The number of benzene rings is 1. The molecule has 0 spiro atoms. The third-order valence-electron chi connectivity index (χ3n) is 4.38. The second kappa shape index (κ2) is 10.4. The van der Waals surface area contributed by atoms with E-state index in [1.807, 2.05) is 23.9 Å². The van der Waals surface area contributed by atoms with Gasteiger partial charge in [-0.15, -0.1) is 11.8 Å². The smallest absolute Gasteiger partial charge is 0.0489 e. The molecule has 2 rings (SSSR count). The third-order valence-corrected chi connectivity index (χ3v) is 6.11. The second-order valence-electron chi connectivity index (χ2n) is 6.29. The maximum absolute atomic E-state index is 6.30. The molecular formula is C20H29ClS. The van der Waals surface area contributed by atoms with Gasteiger partial charge in [0.25, 0.3) is 0 Å². The summed E-state index contributed by atoms with van der Waals surface area (Å²) in [4.78, 5) is 1.38. The van der Waals surface area contributed by atoms with E-state index in [1.54, 1.807) is 0 Å². The van der Waals surface area contributed by atoms with E-state index in [0.717, 1.165) is 10.3 Å². The predicted octanol–water partition coefficient (Wildman–Crippen LogP) is 7.72. The highest BCUT2D eigenvalue weighted by Crippen LogP contribution is 2.43. The van der Waals surface area contributed by atoms with Crippen molar-refractivity contribution in [2.45, 2.75) is 76.4 Å². The summed E-state index contributed by atoms with van der Waals surface area (Å²) in [5.74, 6) is 0. The van der Waals surface area contributed by atoms with E-state index in [2.05, 4.69) is 25.1 Å². The summed E-state index contributed by atoms with van der Waals surface area (Å²) in [5, 5.41) is 1.65. The minimum Gasteiger partial charge on any atom is -0.122 e. The molecule has 0 saturated carbocycles. The zero-order valence-electron chi connectivity index (χ0n) is 13.8. The molecule has 1 aliphatic heterocycles. The van der Waals surface area contributed by atoms with Gasteiger partial charge in [0.1, 0.15) is 0 Å². The van der Waals surface area contributed by atoms with Crippen LogP contribution in [0.3, 0.4) is 0 Å². The molecule has 0 nitrogen and oxygen atoms in total. The van der Waals surface area contributed by atoms with Crippen molar-refractivity contribution in [2.24, 2.45) is 0 Å². The molecule has 1 unspecified atom stereocenters. The van der Waals surface area contributed by atoms with E-state index in [4.69, 9.17) is 11.6 Å². The lowest BCUT2D eigenvalue weighted by Gasteiger charge is -2.10. The molecule has 0 radical (unpaired) electrons. The van der Waals surface area contributed by atoms with Crippen molar-refractivity contribution < 1.29 is 0 Å². The second-order valence-corrected chi connectivity index (χ2v) is 8.04. The number of unbranched alkanes of at least 4 members (excludes halogenated alkanes) is 7. The summed E-state index contributed by atoms with van der Waals surface area (Å²) in [6.45, 7) is 2.28. The first-order valence-corrected chi connectivity index (χ1v) is 10.2. The van der Waals surface area contributed by atoms with Crippen molar-refractivity contribution in [2.75, 3.05) is 0 Å². The first kappa shape index (κ1) is 17.9. The Morgan fingerprint density at radius 3 is 2.41 bits per heavy atom. The van der Waals surface area contributed by atoms with Crippen molar-refractivity contribution in [3.8, 4) is 0 Å². The lowest BCUT2D eigenvalue weighted by atomic mass is 10.1. The molecule has 1 aromatic carbocycles. The van der Waals surface area contributed by atoms with E-state index in [-0.39, 0.29) is 0 Å². The van der Waals surface area contributed by atoms with Crippen LogP contribution in [0.4, 0.5) is 0 Å². The molecule has 2 heteroatoms. The first-order chi connectivity index (χ1) is 10.8. The van der Waals surface area contributed by atoms with Crippen LogP contribution in [0.25, 0.3) is 4.91 Å². The van der Waals surface area contributed by atoms with E-state index < -0.39 is 0 Å². The van der Waals surface area contributed by atoms with Gasteiger partial charge in [-0.05, 0) is 18.9 Å². The fourth-order valence-corrected chi connectivity index (χ4v) is 4.66. The molecule has 0 aromatic heterocycles. The van der Waals surface area contributed by atoms with Crippen LogP contribution >= 0.6 is 23.4 Å². The van der Waals surface area contributed by atoms with Crippen LogP contribution in [0.1, 0.15) is 76.7 Å². The molecule has 1 atom stereocenters. The van der Waals surface area contributed by atoms with Gasteiger partial charge in [0.15, 0.2) is 0 Å². The average molecular weight is 337 g/mol. The van der Waals surface area contributed by atoms with Gasteiger partial charge in [0.05, 0.1) is 0 Å². The number of allylic oxidation sites excluding steroid dienone is 1. The summed E-state index contributed by atoms with van der Waals surface area (Å²) in [7, 11) is 0. The van der Waals surface area contributed by atoms with Gasteiger partial charge in [0.2, 0.25) is 0 Å². The van der Waals surface area contributed by atoms with Crippen molar-refractivity contribution in [1.82, 2.24) is 0 Å². The van der Waals surface area contributed by atoms with Gasteiger partial charge in [-0.25, -0.2) is 0 Å². The van der Waals surface area contributed by atoms with Gasteiger partial charge in [0, 0.05) is 20.7 Å². The van der Waals surface area contributed by atoms with E-state index in [1.165, 1.54) is 74.7 Å². The normalized spacial score (nSPS) is 17.7. The van der Waals surface area contributed by atoms with Crippen molar-refractivity contribution in [3.05, 3.63) is 40.9 Å². The van der Waals surface area contributed by atoms with Crippen molar-refractivity contribution >= 4 is 28.3 Å². The van der Waals surface area contributed by atoms with Crippen LogP contribution in [0.5, 0.6) is 0 Å². The minimum atomic E-state index is 0.770. The number of hydrogen-bond acceptors (Lipinski definition) is 1.